The van der Waals surface area contributed by atoms with E-state index in [0.29, 0.717) is 64.0 Å². The van der Waals surface area contributed by atoms with Gasteiger partial charge in [-0.3, -0.25) is 19.7 Å². The van der Waals surface area contributed by atoms with Crippen LogP contribution < -0.4 is 16.8 Å². The highest BCUT2D eigenvalue weighted by Crippen LogP contribution is 2.29. The van der Waals surface area contributed by atoms with Crippen molar-refractivity contribution in [3.05, 3.63) is 82.4 Å². The maximum Gasteiger partial charge on any atom is 0.332 e. The number of ether oxygens (including phenoxy) is 1. The topological polar surface area (TPSA) is 151 Å². The number of rotatable bonds is 17. The van der Waals surface area contributed by atoms with Gasteiger partial charge in [-0.25, -0.2) is 31.1 Å². The third-order valence-electron chi connectivity index (χ3n) is 11.9. The van der Waals surface area contributed by atoms with Gasteiger partial charge in [-0.1, -0.05) is 0 Å². The van der Waals surface area contributed by atoms with E-state index in [2.05, 4.69) is 5.32 Å². The molecule has 17 heteroatoms. The van der Waals surface area contributed by atoms with Crippen LogP contribution in [0, 0.1) is 46.7 Å². The number of hydrogen-bond donors (Lipinski definition) is 3. The molecular weight excluding hydrogens is 782 g/mol. The van der Waals surface area contributed by atoms with Gasteiger partial charge in [0, 0.05) is 87.6 Å². The molecule has 2 saturated heterocycles. The molecule has 3 amide bonds. The molecule has 6 rings (SSSR count). The summed E-state index contributed by atoms with van der Waals surface area (Å²) in [6.07, 6.45) is 6.61. The third kappa shape index (κ3) is 12.3. The lowest BCUT2D eigenvalue weighted by molar-refractivity contribution is -0.149. The Labute approximate surface area is 339 Å². The standard InChI is InChI=1S/C42H52F6N6O5/c43-30-21-34(47)32(45)17-26(30)19-36(49)24-7-12-52(13-8-24)39(55)11-16-54(29-3-4-29)40(56)5-6-42(58)59-38(51-28-1-2-28)23-41(57)53-14-9-25(10-15-53)37(50)20-27-18-33(46)35(48)22-31(27)44/h5-6,17-18,21-22,24-25,28-29,36-38,51H,1-4,7-16,19-20,23,49-50H2/b6-5-/t36-,37-,38?/m1/s1. The highest BCUT2D eigenvalue weighted by molar-refractivity contribution is 5.95. The molecule has 0 bridgehead atoms. The summed E-state index contributed by atoms with van der Waals surface area (Å²) in [5, 5.41) is 3.17. The SMILES string of the molecule is N[C@H](Cc1cc(F)c(F)cc1F)C1CCN(C(=O)CCN(C(=O)/C=C\C(=O)OC(CC(=O)N2CCC([C@H](N)Cc3cc(F)c(F)cc3F)CC2)NC2CC2)C2CC2)CC1. The predicted octanol–water partition coefficient (Wildman–Crippen LogP) is 4.39. The second-order valence-corrected chi connectivity index (χ2v) is 16.3. The van der Waals surface area contributed by atoms with Crippen molar-refractivity contribution in [2.45, 2.75) is 107 Å². The van der Waals surface area contributed by atoms with E-state index < -0.39 is 65.1 Å². The Hall–Kier alpha value is -4.48. The Morgan fingerprint density at radius 1 is 0.678 bits per heavy atom. The van der Waals surface area contributed by atoms with Crippen LogP contribution in [0.1, 0.15) is 75.3 Å². The van der Waals surface area contributed by atoms with E-state index in [1.54, 1.807) is 14.7 Å². The van der Waals surface area contributed by atoms with E-state index in [-0.39, 0.29) is 79.1 Å². The summed E-state index contributed by atoms with van der Waals surface area (Å²) >= 11 is 0. The zero-order valence-corrected chi connectivity index (χ0v) is 32.8. The Bertz CT molecular complexity index is 1880. The number of benzene rings is 2. The average molecular weight is 835 g/mol. The van der Waals surface area contributed by atoms with E-state index >= 15 is 0 Å². The summed E-state index contributed by atoms with van der Waals surface area (Å²) in [5.74, 6) is -8.30. The van der Waals surface area contributed by atoms with Crippen LogP contribution in [0.25, 0.3) is 0 Å². The Morgan fingerprint density at radius 2 is 1.15 bits per heavy atom. The number of halogens is 6. The Balaban J connectivity index is 0.925. The highest BCUT2D eigenvalue weighted by Gasteiger charge is 2.35. The lowest BCUT2D eigenvalue weighted by atomic mass is 9.86. The van der Waals surface area contributed by atoms with Crippen molar-refractivity contribution in [1.29, 1.82) is 0 Å². The van der Waals surface area contributed by atoms with E-state index in [0.717, 1.165) is 50.0 Å². The molecule has 322 valence electrons. The van der Waals surface area contributed by atoms with Crippen LogP contribution in [0.3, 0.4) is 0 Å². The van der Waals surface area contributed by atoms with Crippen LogP contribution in [0.15, 0.2) is 36.4 Å². The number of nitrogens with one attached hydrogen (secondary N) is 1. The second-order valence-electron chi connectivity index (χ2n) is 16.3. The second kappa shape index (κ2) is 19.7. The summed E-state index contributed by atoms with van der Waals surface area (Å²) in [6, 6.07) is 1.67. The number of hydrogen-bond acceptors (Lipinski definition) is 8. The molecule has 0 aromatic heterocycles. The lowest BCUT2D eigenvalue weighted by Gasteiger charge is -2.35. The molecule has 2 heterocycles. The van der Waals surface area contributed by atoms with E-state index in [4.69, 9.17) is 16.2 Å². The highest BCUT2D eigenvalue weighted by atomic mass is 19.2. The Kier molecular flexibility index (Phi) is 14.7. The number of nitrogens with two attached hydrogens (primary N) is 2. The van der Waals surface area contributed by atoms with Gasteiger partial charge >= 0.3 is 5.97 Å². The minimum absolute atomic E-state index is 0.00145. The third-order valence-corrected chi connectivity index (χ3v) is 11.9. The number of likely N-dealkylation sites (tertiary alicyclic amines) is 2. The maximum absolute atomic E-state index is 14.2. The van der Waals surface area contributed by atoms with Gasteiger partial charge in [-0.05, 0) is 99.3 Å². The first-order valence-corrected chi connectivity index (χ1v) is 20.4. The molecule has 11 nitrogen and oxygen atoms in total. The first kappa shape index (κ1) is 44.1. The molecule has 2 saturated carbocycles. The zero-order chi connectivity index (χ0) is 42.4. The van der Waals surface area contributed by atoms with Gasteiger partial charge in [0.25, 0.3) is 0 Å². The number of esters is 1. The van der Waals surface area contributed by atoms with Gasteiger partial charge in [0.05, 0.1) is 6.42 Å². The molecule has 59 heavy (non-hydrogen) atoms. The molecule has 5 N–H and O–H groups in total. The summed E-state index contributed by atoms with van der Waals surface area (Å²) in [6.45, 7) is 1.71. The van der Waals surface area contributed by atoms with E-state index in [1.165, 1.54) is 0 Å². The van der Waals surface area contributed by atoms with Crippen molar-refractivity contribution in [1.82, 2.24) is 20.0 Å². The van der Waals surface area contributed by atoms with Crippen LogP contribution in [0.4, 0.5) is 26.3 Å². The van der Waals surface area contributed by atoms with Gasteiger partial charge in [0.15, 0.2) is 29.5 Å². The monoisotopic (exact) mass is 834 g/mol. The van der Waals surface area contributed by atoms with Gasteiger partial charge in [0.1, 0.15) is 11.6 Å². The molecule has 4 fully saturated rings. The van der Waals surface area contributed by atoms with Crippen molar-refractivity contribution in [2.24, 2.45) is 23.3 Å². The predicted molar refractivity (Wildman–Crippen MR) is 204 cm³/mol. The average Bonchev–Trinajstić information content (AvgIpc) is 4.16. The summed E-state index contributed by atoms with van der Waals surface area (Å²) < 4.78 is 87.9. The minimum Gasteiger partial charge on any atom is -0.443 e. The van der Waals surface area contributed by atoms with Crippen molar-refractivity contribution in [2.75, 3.05) is 32.7 Å². The molecule has 2 aromatic carbocycles. The van der Waals surface area contributed by atoms with Gasteiger partial charge in [0.2, 0.25) is 17.7 Å². The van der Waals surface area contributed by atoms with Crippen LogP contribution in [-0.2, 0) is 36.8 Å². The summed E-state index contributed by atoms with van der Waals surface area (Å²) in [7, 11) is 0. The first-order chi connectivity index (χ1) is 28.1. The molecule has 1 unspecified atom stereocenters. The number of piperidine rings is 2. The molecule has 2 aromatic rings. The van der Waals surface area contributed by atoms with Gasteiger partial charge < -0.3 is 30.9 Å². The minimum atomic E-state index is -1.27. The molecule has 2 aliphatic heterocycles. The fraction of sp³-hybridized carbons (Fsp3) is 0.571. The van der Waals surface area contributed by atoms with Crippen LogP contribution in [0.2, 0.25) is 0 Å². The fourth-order valence-electron chi connectivity index (χ4n) is 8.02. The van der Waals surface area contributed by atoms with Crippen molar-refractivity contribution >= 4 is 23.7 Å². The zero-order valence-electron chi connectivity index (χ0n) is 32.8. The summed E-state index contributed by atoms with van der Waals surface area (Å²) in [5.41, 5.74) is 12.6. The van der Waals surface area contributed by atoms with E-state index in [9.17, 15) is 45.5 Å². The van der Waals surface area contributed by atoms with Crippen LogP contribution in [0.5, 0.6) is 0 Å². The van der Waals surface area contributed by atoms with Gasteiger partial charge in [-0.2, -0.15) is 0 Å². The van der Waals surface area contributed by atoms with Crippen molar-refractivity contribution in [3.8, 4) is 0 Å². The first-order valence-electron chi connectivity index (χ1n) is 20.4. The van der Waals surface area contributed by atoms with Gasteiger partial charge in [-0.15, -0.1) is 0 Å². The molecule has 4 aliphatic rings. The Morgan fingerprint density at radius 3 is 1.63 bits per heavy atom. The van der Waals surface area contributed by atoms with Crippen LogP contribution in [-0.4, -0.2) is 102 Å². The van der Waals surface area contributed by atoms with Crippen LogP contribution >= 0.6 is 0 Å². The molecule has 3 atom stereocenters. The van der Waals surface area contributed by atoms with Crippen molar-refractivity contribution in [3.63, 3.8) is 0 Å². The number of carbonyl (C=O) groups excluding carboxylic acids is 4. The normalized spacial score (nSPS) is 19.5. The lowest BCUT2D eigenvalue weighted by Crippen LogP contribution is -2.46. The largest absolute Gasteiger partial charge is 0.443 e. The number of carbonyl (C=O) groups is 4. The quantitative estimate of drug-likeness (QED) is 0.0699. The number of nitrogens with zero attached hydrogens (tertiary/aromatic N) is 3. The van der Waals surface area contributed by atoms with E-state index in [1.807, 2.05) is 0 Å². The fourth-order valence-corrected chi connectivity index (χ4v) is 8.02. The maximum atomic E-state index is 14.2. The molecular formula is C42H52F6N6O5. The molecule has 0 radical (unpaired) electrons. The summed E-state index contributed by atoms with van der Waals surface area (Å²) in [4.78, 5) is 57.4. The smallest absolute Gasteiger partial charge is 0.332 e. The molecule has 0 spiro atoms. The van der Waals surface area contributed by atoms with Crippen molar-refractivity contribution < 1.29 is 50.3 Å². The molecule has 2 aliphatic carbocycles. The number of amides is 3.